The number of nitro benzene ring substituents is 1. The van der Waals surface area contributed by atoms with Gasteiger partial charge in [0.2, 0.25) is 5.91 Å². The molecule has 0 aliphatic carbocycles. The Morgan fingerprint density at radius 2 is 1.49 bits per heavy atom. The third-order valence-electron chi connectivity index (χ3n) is 8.66. The van der Waals surface area contributed by atoms with Crippen LogP contribution in [0.1, 0.15) is 66.8 Å². The molecule has 2 saturated heterocycles. The van der Waals surface area contributed by atoms with Crippen molar-refractivity contribution < 1.29 is 34.2 Å². The molecule has 3 aromatic rings. The lowest BCUT2D eigenvalue weighted by Gasteiger charge is -2.41. The van der Waals surface area contributed by atoms with Crippen molar-refractivity contribution in [3.8, 4) is 0 Å². The van der Waals surface area contributed by atoms with E-state index in [2.05, 4.69) is 15.1 Å². The maximum atomic E-state index is 12.2. The number of nitrogens with one attached hydrogen (secondary N) is 1. The molecule has 2 heterocycles. The minimum atomic E-state index is -0.853. The van der Waals surface area contributed by atoms with Crippen molar-refractivity contribution in [3.05, 3.63) is 105 Å². The van der Waals surface area contributed by atoms with Crippen LogP contribution < -0.4 is 10.2 Å². The fraction of sp³-hybridized carbons (Fsp3) is 0.429. The summed E-state index contributed by atoms with van der Waals surface area (Å²) in [6.07, 6.45) is 1.16. The highest BCUT2D eigenvalue weighted by molar-refractivity contribution is 5.75. The highest BCUT2D eigenvalue weighted by Crippen LogP contribution is 2.38. The Kier molecular flexibility index (Phi) is 11.9. The number of hydrogen-bond acceptors (Lipinski definition) is 9. The number of carbonyl (C=O) groups is 2. The van der Waals surface area contributed by atoms with E-state index in [4.69, 9.17) is 14.6 Å². The van der Waals surface area contributed by atoms with Crippen molar-refractivity contribution >= 4 is 23.3 Å². The predicted molar refractivity (Wildman–Crippen MR) is 175 cm³/mol. The number of carbonyl (C=O) groups excluding carboxylic acids is 1. The van der Waals surface area contributed by atoms with E-state index in [1.54, 1.807) is 24.3 Å². The molecule has 250 valence electrons. The number of ether oxygens (including phenoxy) is 2. The predicted octanol–water partition coefficient (Wildman–Crippen LogP) is 4.72. The quantitative estimate of drug-likeness (QED) is 0.127. The van der Waals surface area contributed by atoms with E-state index in [0.29, 0.717) is 32.2 Å². The van der Waals surface area contributed by atoms with Gasteiger partial charge in [0.15, 0.2) is 6.29 Å². The van der Waals surface area contributed by atoms with Gasteiger partial charge in [-0.1, -0.05) is 48.5 Å². The number of aliphatic hydroxyl groups is 1. The number of amides is 1. The fourth-order valence-electron chi connectivity index (χ4n) is 5.94. The summed E-state index contributed by atoms with van der Waals surface area (Å²) in [6.45, 7) is 4.35. The number of non-ortho nitro benzene ring substituents is 1. The summed E-state index contributed by atoms with van der Waals surface area (Å²) in [6, 6.07) is 22.3. The van der Waals surface area contributed by atoms with Crippen molar-refractivity contribution in [1.29, 1.82) is 0 Å². The van der Waals surface area contributed by atoms with Crippen LogP contribution in [0.15, 0.2) is 72.8 Å². The molecule has 1 amide bonds. The highest BCUT2D eigenvalue weighted by atomic mass is 16.7. The van der Waals surface area contributed by atoms with E-state index in [-0.39, 0.29) is 41.8 Å². The first-order valence-electron chi connectivity index (χ1n) is 16.1. The summed E-state index contributed by atoms with van der Waals surface area (Å²) in [5, 5.41) is 32.2. The van der Waals surface area contributed by atoms with E-state index in [1.165, 1.54) is 0 Å². The summed E-state index contributed by atoms with van der Waals surface area (Å²) in [5.74, 6) is -0.960. The van der Waals surface area contributed by atoms with Gasteiger partial charge in [0.05, 0.1) is 23.7 Å². The summed E-state index contributed by atoms with van der Waals surface area (Å²) in [4.78, 5) is 38.1. The van der Waals surface area contributed by atoms with Crippen LogP contribution in [0.3, 0.4) is 0 Å². The summed E-state index contributed by atoms with van der Waals surface area (Å²) in [5.41, 5.74) is 4.72. The van der Waals surface area contributed by atoms with E-state index in [1.807, 2.05) is 48.5 Å². The van der Waals surface area contributed by atoms with Crippen LogP contribution in [0.25, 0.3) is 0 Å². The number of aliphatic carboxylic acids is 1. The number of nitro groups is 1. The molecule has 47 heavy (non-hydrogen) atoms. The second kappa shape index (κ2) is 16.5. The number of hydrogen-bond donors (Lipinski definition) is 3. The number of unbranched alkanes of at least 4 members (excludes halogenated alkanes) is 1. The van der Waals surface area contributed by atoms with Crippen LogP contribution in [-0.4, -0.2) is 70.7 Å². The fourth-order valence-corrected chi connectivity index (χ4v) is 5.94. The molecule has 12 nitrogen and oxygen atoms in total. The Morgan fingerprint density at radius 3 is 2.13 bits per heavy atom. The van der Waals surface area contributed by atoms with E-state index < -0.39 is 12.3 Å². The van der Waals surface area contributed by atoms with Gasteiger partial charge in [-0.05, 0) is 41.7 Å². The molecule has 3 unspecified atom stereocenters. The first kappa shape index (κ1) is 34.0. The van der Waals surface area contributed by atoms with Crippen molar-refractivity contribution in [2.75, 3.05) is 37.6 Å². The number of nitrogens with zero attached hydrogens (tertiary/aromatic N) is 3. The molecule has 5 rings (SSSR count). The minimum absolute atomic E-state index is 0.0243. The number of piperazine rings is 1. The van der Waals surface area contributed by atoms with Gasteiger partial charge >= 0.3 is 5.97 Å². The van der Waals surface area contributed by atoms with Gasteiger partial charge in [-0.2, -0.15) is 0 Å². The van der Waals surface area contributed by atoms with Gasteiger partial charge in [-0.3, -0.25) is 24.6 Å². The van der Waals surface area contributed by atoms with E-state index in [0.717, 1.165) is 60.7 Å². The van der Waals surface area contributed by atoms with Crippen molar-refractivity contribution in [2.24, 2.45) is 0 Å². The number of carboxylic acid groups (broad SMARTS) is 1. The molecule has 2 fully saturated rings. The Morgan fingerprint density at radius 1 is 0.851 bits per heavy atom. The lowest BCUT2D eigenvalue weighted by molar-refractivity contribution is -0.384. The Balaban J connectivity index is 1.19. The lowest BCUT2D eigenvalue weighted by Crippen LogP contribution is -2.49. The molecular formula is C35H42N4O8. The molecule has 0 spiro atoms. The average Bonchev–Trinajstić information content (AvgIpc) is 3.09. The van der Waals surface area contributed by atoms with Crippen LogP contribution >= 0.6 is 0 Å². The largest absolute Gasteiger partial charge is 0.481 e. The summed E-state index contributed by atoms with van der Waals surface area (Å²) >= 11 is 0. The normalized spacial score (nSPS) is 20.1. The molecule has 0 aromatic heterocycles. The van der Waals surface area contributed by atoms with Crippen LogP contribution in [0.5, 0.6) is 0 Å². The van der Waals surface area contributed by atoms with Gasteiger partial charge in [-0.15, -0.1) is 0 Å². The third-order valence-corrected chi connectivity index (χ3v) is 8.66. The van der Waals surface area contributed by atoms with Crippen LogP contribution in [0.2, 0.25) is 0 Å². The number of rotatable bonds is 14. The Bertz CT molecular complexity index is 1470. The highest BCUT2D eigenvalue weighted by Gasteiger charge is 2.34. The zero-order valence-corrected chi connectivity index (χ0v) is 26.3. The smallest absolute Gasteiger partial charge is 0.303 e. The van der Waals surface area contributed by atoms with Gasteiger partial charge in [-0.25, -0.2) is 0 Å². The molecule has 0 radical (unpaired) electrons. The molecule has 3 aromatic carbocycles. The van der Waals surface area contributed by atoms with E-state index >= 15 is 0 Å². The molecule has 3 N–H and O–H groups in total. The monoisotopic (exact) mass is 646 g/mol. The topological polar surface area (TPSA) is 155 Å². The lowest BCUT2D eigenvalue weighted by atomic mass is 9.99. The van der Waals surface area contributed by atoms with Crippen molar-refractivity contribution in [1.82, 2.24) is 10.2 Å². The molecular weight excluding hydrogens is 604 g/mol. The van der Waals surface area contributed by atoms with Crippen LogP contribution in [0, 0.1) is 10.1 Å². The second-order valence-corrected chi connectivity index (χ2v) is 12.0. The van der Waals surface area contributed by atoms with Gasteiger partial charge < -0.3 is 29.9 Å². The SMILES string of the molecule is O=C(O)CCCCC(=O)NCc1ccc(C2OC(CN3CCN(c4ccc([N+](=O)[O-])cc4)CC3)CC(c3ccc(CO)cc3)O2)cc1. The molecule has 2 aliphatic heterocycles. The van der Waals surface area contributed by atoms with Crippen molar-refractivity contribution in [3.63, 3.8) is 0 Å². The summed E-state index contributed by atoms with van der Waals surface area (Å²) < 4.78 is 13.0. The maximum absolute atomic E-state index is 12.2. The second-order valence-electron chi connectivity index (χ2n) is 12.0. The minimum Gasteiger partial charge on any atom is -0.481 e. The Hall–Kier alpha value is -4.36. The first-order chi connectivity index (χ1) is 22.8. The molecule has 3 atom stereocenters. The van der Waals surface area contributed by atoms with Crippen LogP contribution in [0.4, 0.5) is 11.4 Å². The first-order valence-corrected chi connectivity index (χ1v) is 16.1. The third kappa shape index (κ3) is 9.82. The van der Waals surface area contributed by atoms with E-state index in [9.17, 15) is 24.8 Å². The molecule has 0 bridgehead atoms. The van der Waals surface area contributed by atoms with Gasteiger partial charge in [0.25, 0.3) is 5.69 Å². The van der Waals surface area contributed by atoms with Gasteiger partial charge in [0, 0.05) is 81.9 Å². The molecule has 2 aliphatic rings. The number of aliphatic hydroxyl groups excluding tert-OH is 1. The number of anilines is 1. The van der Waals surface area contributed by atoms with Crippen LogP contribution in [-0.2, 0) is 32.2 Å². The number of carboxylic acids is 1. The summed E-state index contributed by atoms with van der Waals surface area (Å²) in [7, 11) is 0. The standard InChI is InChI=1S/C35H42N4O8/c40-24-26-7-9-27(10-8-26)32-21-31(23-37-17-19-38(20-18-37)29-13-15-30(16-14-29)39(44)45)46-35(47-32)28-11-5-25(6-12-28)22-36-33(41)3-1-2-4-34(42)43/h5-16,31-32,35,40H,1-4,17-24H2,(H,36,41)(H,42,43). The molecule has 0 saturated carbocycles. The van der Waals surface area contributed by atoms with Crippen molar-refractivity contribution in [2.45, 2.75) is 63.8 Å². The Labute approximate surface area is 274 Å². The average molecular weight is 647 g/mol. The van der Waals surface area contributed by atoms with Gasteiger partial charge in [0.1, 0.15) is 0 Å². The zero-order chi connectivity index (χ0) is 33.2. The molecule has 12 heteroatoms. The maximum Gasteiger partial charge on any atom is 0.303 e. The zero-order valence-electron chi connectivity index (χ0n) is 26.3. The number of benzene rings is 3.